The Morgan fingerprint density at radius 2 is 0.403 bits per heavy atom. The third kappa shape index (κ3) is 90.4. The van der Waals surface area contributed by atoms with Crippen molar-refractivity contribution in [3.05, 3.63) is 0 Å². The molecule has 0 aromatic carbocycles. The minimum Gasteiger partial charge on any atom is -0.394 e. The second-order valence-electron chi connectivity index (χ2n) is 15.9. The van der Waals surface area contributed by atoms with Gasteiger partial charge in [0.2, 0.25) is 0 Å². The van der Waals surface area contributed by atoms with E-state index in [2.05, 4.69) is 20.8 Å². The molecule has 0 aliphatic carbocycles. The Morgan fingerprint density at radius 1 is 0.258 bits per heavy atom. The van der Waals surface area contributed by atoms with Crippen LogP contribution in [0, 0.1) is 0 Å². The minimum atomic E-state index is -4.64. The van der Waals surface area contributed by atoms with E-state index in [4.69, 9.17) is 63.0 Å². The Labute approximate surface area is 382 Å². The number of unbranched alkanes of at least 4 members (excludes halogenated alkanes) is 27. The molecule has 0 radical (unpaired) electrons. The number of aliphatic hydroxyl groups excluding tert-OH is 3. The van der Waals surface area contributed by atoms with E-state index in [1.807, 2.05) is 0 Å². The minimum absolute atomic E-state index is 0.0957. The zero-order valence-corrected chi connectivity index (χ0v) is 41.7. The van der Waals surface area contributed by atoms with E-state index in [1.165, 1.54) is 173 Å². The predicted molar refractivity (Wildman–Crippen MR) is 256 cm³/mol. The standard InChI is InChI=1S/3C16H34O3.H3O4P/c3*1-2-3-4-5-6-7-8-9-10-11-13-18-15-16-19-14-12-17;1-5(2,3)4/h3*17H,2-16H2,1H3;(H3,1,2,3,4). The molecule has 14 heteroatoms. The molecule has 0 saturated carbocycles. The maximum absolute atomic E-state index is 8.88. The number of hydrogen-bond acceptors (Lipinski definition) is 10. The zero-order chi connectivity index (χ0) is 46.6. The monoisotopic (exact) mass is 921 g/mol. The van der Waals surface area contributed by atoms with E-state index >= 15 is 0 Å². The van der Waals surface area contributed by atoms with Gasteiger partial charge in [0.15, 0.2) is 0 Å². The molecule has 0 atom stereocenters. The van der Waals surface area contributed by atoms with Crippen molar-refractivity contribution in [1.82, 2.24) is 0 Å². The molecule has 0 aromatic heterocycles. The fraction of sp³-hybridized carbons (Fsp3) is 1.00. The van der Waals surface area contributed by atoms with E-state index in [0.29, 0.717) is 59.5 Å². The van der Waals surface area contributed by atoms with Gasteiger partial charge >= 0.3 is 7.82 Å². The van der Waals surface area contributed by atoms with Gasteiger partial charge in [0.25, 0.3) is 0 Å². The molecule has 13 nitrogen and oxygen atoms in total. The Bertz CT molecular complexity index is 627. The summed E-state index contributed by atoms with van der Waals surface area (Å²) in [6.07, 6.45) is 40.7. The average molecular weight is 921 g/mol. The van der Waals surface area contributed by atoms with Crippen molar-refractivity contribution in [1.29, 1.82) is 0 Å². The highest BCUT2D eigenvalue weighted by Crippen LogP contribution is 2.25. The number of ether oxygens (including phenoxy) is 6. The molecule has 380 valence electrons. The molecule has 0 rings (SSSR count). The molecule has 62 heavy (non-hydrogen) atoms. The summed E-state index contributed by atoms with van der Waals surface area (Å²) in [5.41, 5.74) is 0. The molecule has 0 aromatic rings. The summed E-state index contributed by atoms with van der Waals surface area (Å²) >= 11 is 0. The first-order chi connectivity index (χ1) is 30.2. The van der Waals surface area contributed by atoms with Gasteiger partial charge in [-0.3, -0.25) is 0 Å². The average Bonchev–Trinajstić information content (AvgIpc) is 3.25. The maximum Gasteiger partial charge on any atom is 0.466 e. The van der Waals surface area contributed by atoms with E-state index in [9.17, 15) is 0 Å². The Morgan fingerprint density at radius 3 is 0.565 bits per heavy atom. The van der Waals surface area contributed by atoms with Gasteiger partial charge in [0.05, 0.1) is 79.3 Å². The van der Waals surface area contributed by atoms with Crippen LogP contribution in [0.4, 0.5) is 0 Å². The SMILES string of the molecule is CCCCCCCCCCCCOCCOCCO.CCCCCCCCCCCCOCCOCCO.CCCCCCCCCCCCOCCOCCO.O=P(O)(O)O. The van der Waals surface area contributed by atoms with Gasteiger partial charge in [0, 0.05) is 19.8 Å². The summed E-state index contributed by atoms with van der Waals surface area (Å²) in [5, 5.41) is 25.5. The Kier molecular flexibility index (Phi) is 74.2. The van der Waals surface area contributed by atoms with Crippen LogP contribution in [0.25, 0.3) is 0 Å². The first-order valence-corrected chi connectivity index (χ1v) is 26.9. The number of aliphatic hydroxyl groups is 3. The molecular weight excluding hydrogens is 815 g/mol. The second-order valence-corrected chi connectivity index (χ2v) is 16.9. The Hall–Kier alpha value is -0.250. The number of hydrogen-bond donors (Lipinski definition) is 6. The highest BCUT2D eigenvalue weighted by molar-refractivity contribution is 7.45. The largest absolute Gasteiger partial charge is 0.466 e. The third-order valence-electron chi connectivity index (χ3n) is 9.75. The lowest BCUT2D eigenvalue weighted by atomic mass is 10.1. The summed E-state index contributed by atoms with van der Waals surface area (Å²) in [6.45, 7) is 14.6. The van der Waals surface area contributed by atoms with Crippen molar-refractivity contribution in [2.75, 3.05) is 99.1 Å². The summed E-state index contributed by atoms with van der Waals surface area (Å²) in [6, 6.07) is 0. The fourth-order valence-corrected chi connectivity index (χ4v) is 6.23. The third-order valence-corrected chi connectivity index (χ3v) is 9.75. The molecule has 0 spiro atoms. The van der Waals surface area contributed by atoms with Crippen molar-refractivity contribution in [2.45, 2.75) is 213 Å². The van der Waals surface area contributed by atoms with Crippen LogP contribution < -0.4 is 0 Å². The van der Waals surface area contributed by atoms with E-state index < -0.39 is 7.82 Å². The lowest BCUT2D eigenvalue weighted by Gasteiger charge is -2.05. The molecular formula is C48H105O13P. The van der Waals surface area contributed by atoms with Gasteiger partial charge in [-0.15, -0.1) is 0 Å². The molecule has 0 heterocycles. The van der Waals surface area contributed by atoms with Crippen molar-refractivity contribution < 1.29 is 63.0 Å². The Balaban J connectivity index is -0.000000385. The van der Waals surface area contributed by atoms with Gasteiger partial charge in [-0.2, -0.15) is 0 Å². The van der Waals surface area contributed by atoms with Crippen LogP contribution in [0.15, 0.2) is 0 Å². The van der Waals surface area contributed by atoms with E-state index in [0.717, 1.165) is 39.1 Å². The van der Waals surface area contributed by atoms with Crippen LogP contribution in [0.2, 0.25) is 0 Å². The molecule has 0 amide bonds. The smallest absolute Gasteiger partial charge is 0.394 e. The maximum atomic E-state index is 8.88. The number of phosphoric acid groups is 1. The van der Waals surface area contributed by atoms with Gasteiger partial charge in [-0.25, -0.2) is 4.57 Å². The van der Waals surface area contributed by atoms with E-state index in [1.54, 1.807) is 0 Å². The lowest BCUT2D eigenvalue weighted by Crippen LogP contribution is -2.07. The summed E-state index contributed by atoms with van der Waals surface area (Å²) in [4.78, 5) is 21.6. The molecule has 6 N–H and O–H groups in total. The van der Waals surface area contributed by atoms with E-state index in [-0.39, 0.29) is 19.8 Å². The van der Waals surface area contributed by atoms with Crippen LogP contribution in [0.5, 0.6) is 0 Å². The van der Waals surface area contributed by atoms with Crippen LogP contribution >= 0.6 is 7.82 Å². The second kappa shape index (κ2) is 67.3. The van der Waals surface area contributed by atoms with Crippen molar-refractivity contribution in [2.24, 2.45) is 0 Å². The molecule has 0 aliphatic rings. The van der Waals surface area contributed by atoms with Gasteiger partial charge in [0.1, 0.15) is 0 Å². The number of rotatable bonds is 48. The first kappa shape index (κ1) is 68.3. The quantitative estimate of drug-likeness (QED) is 0.0250. The highest BCUT2D eigenvalue weighted by Gasteiger charge is 2.00. The summed E-state index contributed by atoms with van der Waals surface area (Å²) in [7, 11) is -4.64. The summed E-state index contributed by atoms with van der Waals surface area (Å²) in [5.74, 6) is 0. The molecule has 0 aliphatic heterocycles. The fourth-order valence-electron chi connectivity index (χ4n) is 6.23. The van der Waals surface area contributed by atoms with Gasteiger partial charge < -0.3 is 58.4 Å². The molecule has 0 unspecified atom stereocenters. The lowest BCUT2D eigenvalue weighted by molar-refractivity contribution is 0.0320. The molecule has 0 bridgehead atoms. The van der Waals surface area contributed by atoms with Crippen LogP contribution in [0.3, 0.4) is 0 Å². The van der Waals surface area contributed by atoms with Crippen LogP contribution in [-0.2, 0) is 33.0 Å². The highest BCUT2D eigenvalue weighted by atomic mass is 31.2. The van der Waals surface area contributed by atoms with Gasteiger partial charge in [-0.05, 0) is 19.3 Å². The van der Waals surface area contributed by atoms with Crippen LogP contribution in [0.1, 0.15) is 213 Å². The summed E-state index contributed by atoms with van der Waals surface area (Å²) < 4.78 is 40.5. The van der Waals surface area contributed by atoms with Crippen molar-refractivity contribution in [3.63, 3.8) is 0 Å². The predicted octanol–water partition coefficient (Wildman–Crippen LogP) is 10.9. The van der Waals surface area contributed by atoms with Gasteiger partial charge in [-0.1, -0.05) is 194 Å². The zero-order valence-electron chi connectivity index (χ0n) is 40.8. The molecule has 0 fully saturated rings. The first-order valence-electron chi connectivity index (χ1n) is 25.3. The topological polar surface area (TPSA) is 194 Å². The van der Waals surface area contributed by atoms with Crippen molar-refractivity contribution >= 4 is 7.82 Å². The van der Waals surface area contributed by atoms with Crippen LogP contribution in [-0.4, -0.2) is 129 Å². The molecule has 0 saturated heterocycles. The van der Waals surface area contributed by atoms with Crippen molar-refractivity contribution in [3.8, 4) is 0 Å². The normalized spacial score (nSPS) is 11.1.